The lowest BCUT2D eigenvalue weighted by molar-refractivity contribution is -0.882. The van der Waals surface area contributed by atoms with E-state index in [1.165, 1.54) is 0 Å². The Balaban J connectivity index is 1.91. The van der Waals surface area contributed by atoms with E-state index in [4.69, 9.17) is 16.0 Å². The number of carbonyl (C=O) groups is 2. The zero-order valence-corrected chi connectivity index (χ0v) is 18.6. The standard InChI is InChI=1S/C22H30ClN3O3/c1-6-26(14-20(27)24-22(2,3)4)15-21(28)25(5)13-18-11-12-19(29-18)16-7-9-17(23)10-8-16/h7-12H,6,13-15H2,1-5H3,(H,24,27)/p+1. The van der Waals surface area contributed by atoms with Crippen LogP contribution in [0.3, 0.4) is 0 Å². The van der Waals surface area contributed by atoms with E-state index in [2.05, 4.69) is 5.32 Å². The summed E-state index contributed by atoms with van der Waals surface area (Å²) in [6, 6.07) is 11.2. The SMILES string of the molecule is CC[NH+](CC(=O)NC(C)(C)C)CC(=O)N(C)Cc1ccc(-c2ccc(Cl)cc2)o1. The van der Waals surface area contributed by atoms with Gasteiger partial charge in [0, 0.05) is 23.2 Å². The maximum Gasteiger partial charge on any atom is 0.277 e. The van der Waals surface area contributed by atoms with Gasteiger partial charge in [0.1, 0.15) is 11.5 Å². The van der Waals surface area contributed by atoms with E-state index in [1.807, 2.05) is 64.1 Å². The highest BCUT2D eigenvalue weighted by Crippen LogP contribution is 2.24. The minimum Gasteiger partial charge on any atom is -0.459 e. The average molecular weight is 421 g/mol. The smallest absolute Gasteiger partial charge is 0.277 e. The topological polar surface area (TPSA) is 67.0 Å². The lowest BCUT2D eigenvalue weighted by Gasteiger charge is -2.24. The molecule has 1 aromatic heterocycles. The fourth-order valence-electron chi connectivity index (χ4n) is 2.90. The second-order valence-electron chi connectivity index (χ2n) is 8.28. The fraction of sp³-hybridized carbons (Fsp3) is 0.455. The average Bonchev–Trinajstić information content (AvgIpc) is 3.08. The highest BCUT2D eigenvalue weighted by molar-refractivity contribution is 6.30. The van der Waals surface area contributed by atoms with Gasteiger partial charge in [-0.1, -0.05) is 11.6 Å². The summed E-state index contributed by atoms with van der Waals surface area (Å²) in [4.78, 5) is 27.3. The lowest BCUT2D eigenvalue weighted by atomic mass is 10.1. The number of rotatable bonds is 8. The van der Waals surface area contributed by atoms with Gasteiger partial charge in [0.25, 0.3) is 11.8 Å². The molecule has 0 aliphatic rings. The van der Waals surface area contributed by atoms with Gasteiger partial charge in [0.2, 0.25) is 0 Å². The quantitative estimate of drug-likeness (QED) is 0.689. The molecule has 2 rings (SSSR count). The van der Waals surface area contributed by atoms with E-state index in [1.54, 1.807) is 11.9 Å². The van der Waals surface area contributed by atoms with Crippen molar-refractivity contribution >= 4 is 23.4 Å². The Morgan fingerprint density at radius 2 is 1.76 bits per heavy atom. The maximum absolute atomic E-state index is 12.6. The molecular weight excluding hydrogens is 390 g/mol. The van der Waals surface area contributed by atoms with Crippen LogP contribution >= 0.6 is 11.6 Å². The number of carbonyl (C=O) groups excluding carboxylic acids is 2. The molecule has 1 unspecified atom stereocenters. The molecule has 7 heteroatoms. The van der Waals surface area contributed by atoms with Crippen LogP contribution in [0.4, 0.5) is 0 Å². The van der Waals surface area contributed by atoms with E-state index < -0.39 is 0 Å². The number of halogens is 1. The first-order chi connectivity index (χ1) is 13.6. The summed E-state index contributed by atoms with van der Waals surface area (Å²) < 4.78 is 5.87. The summed E-state index contributed by atoms with van der Waals surface area (Å²) >= 11 is 5.92. The van der Waals surface area contributed by atoms with Crippen LogP contribution in [0.5, 0.6) is 0 Å². The van der Waals surface area contributed by atoms with E-state index in [0.717, 1.165) is 16.2 Å². The van der Waals surface area contributed by atoms with E-state index >= 15 is 0 Å². The van der Waals surface area contributed by atoms with Crippen LogP contribution in [-0.4, -0.2) is 48.9 Å². The number of amides is 2. The number of quaternary nitrogens is 1. The van der Waals surface area contributed by atoms with Crippen molar-refractivity contribution in [2.75, 3.05) is 26.7 Å². The zero-order chi connectivity index (χ0) is 21.6. The molecule has 2 amide bonds. The van der Waals surface area contributed by atoms with Crippen LogP contribution in [0.15, 0.2) is 40.8 Å². The monoisotopic (exact) mass is 420 g/mol. The Bertz CT molecular complexity index is 825. The van der Waals surface area contributed by atoms with Crippen molar-refractivity contribution in [3.05, 3.63) is 47.2 Å². The van der Waals surface area contributed by atoms with Crippen LogP contribution < -0.4 is 10.2 Å². The first-order valence-electron chi connectivity index (χ1n) is 9.80. The summed E-state index contributed by atoms with van der Waals surface area (Å²) in [5.41, 5.74) is 0.652. The fourth-order valence-corrected chi connectivity index (χ4v) is 3.03. The molecule has 1 heterocycles. The Morgan fingerprint density at radius 1 is 1.10 bits per heavy atom. The van der Waals surface area contributed by atoms with Gasteiger partial charge in [0.05, 0.1) is 13.1 Å². The predicted octanol–water partition coefficient (Wildman–Crippen LogP) is 2.38. The zero-order valence-electron chi connectivity index (χ0n) is 17.8. The Labute approximate surface area is 177 Å². The van der Waals surface area contributed by atoms with Crippen LogP contribution in [0.25, 0.3) is 11.3 Å². The van der Waals surface area contributed by atoms with E-state index in [0.29, 0.717) is 23.9 Å². The molecule has 158 valence electrons. The van der Waals surface area contributed by atoms with Crippen molar-refractivity contribution in [3.8, 4) is 11.3 Å². The van der Waals surface area contributed by atoms with Crippen LogP contribution in [0.1, 0.15) is 33.5 Å². The normalized spacial score (nSPS) is 12.5. The number of likely N-dealkylation sites (N-methyl/N-ethyl adjacent to an activating group) is 2. The van der Waals surface area contributed by atoms with E-state index in [-0.39, 0.29) is 30.4 Å². The second kappa shape index (κ2) is 9.94. The molecule has 2 aromatic rings. The van der Waals surface area contributed by atoms with Gasteiger partial charge in [-0.3, -0.25) is 9.59 Å². The molecule has 0 saturated heterocycles. The summed E-state index contributed by atoms with van der Waals surface area (Å²) in [6.45, 7) is 9.39. The summed E-state index contributed by atoms with van der Waals surface area (Å²) in [5, 5.41) is 3.61. The Morgan fingerprint density at radius 3 is 2.34 bits per heavy atom. The number of hydrogen-bond acceptors (Lipinski definition) is 3. The van der Waals surface area contributed by atoms with Crippen molar-refractivity contribution in [1.82, 2.24) is 10.2 Å². The molecule has 0 aliphatic carbocycles. The molecular formula is C22H31ClN3O3+. The second-order valence-corrected chi connectivity index (χ2v) is 8.71. The lowest BCUT2D eigenvalue weighted by Crippen LogP contribution is -3.14. The highest BCUT2D eigenvalue weighted by Gasteiger charge is 2.22. The summed E-state index contributed by atoms with van der Waals surface area (Å²) in [5.74, 6) is 1.35. The van der Waals surface area contributed by atoms with Crippen molar-refractivity contribution in [2.45, 2.75) is 39.8 Å². The molecule has 1 atom stereocenters. The number of furan rings is 1. The van der Waals surface area contributed by atoms with Gasteiger partial charge in [-0.15, -0.1) is 0 Å². The van der Waals surface area contributed by atoms with Crippen molar-refractivity contribution in [1.29, 1.82) is 0 Å². The van der Waals surface area contributed by atoms with Crippen LogP contribution in [0.2, 0.25) is 5.02 Å². The molecule has 0 bridgehead atoms. The first kappa shape index (κ1) is 23.0. The Kier molecular flexibility index (Phi) is 7.88. The van der Waals surface area contributed by atoms with Crippen molar-refractivity contribution in [3.63, 3.8) is 0 Å². The summed E-state index contributed by atoms with van der Waals surface area (Å²) in [7, 11) is 1.75. The number of hydrogen-bond donors (Lipinski definition) is 2. The molecule has 0 spiro atoms. The number of nitrogens with one attached hydrogen (secondary N) is 2. The number of nitrogens with zero attached hydrogens (tertiary/aromatic N) is 1. The number of benzene rings is 1. The maximum atomic E-state index is 12.6. The third-order valence-corrected chi connectivity index (χ3v) is 4.69. The first-order valence-corrected chi connectivity index (χ1v) is 10.2. The highest BCUT2D eigenvalue weighted by atomic mass is 35.5. The van der Waals surface area contributed by atoms with Crippen LogP contribution in [0, 0.1) is 0 Å². The van der Waals surface area contributed by atoms with Gasteiger partial charge >= 0.3 is 0 Å². The van der Waals surface area contributed by atoms with E-state index in [9.17, 15) is 9.59 Å². The molecule has 0 radical (unpaired) electrons. The third-order valence-electron chi connectivity index (χ3n) is 4.44. The molecule has 0 fully saturated rings. The van der Waals surface area contributed by atoms with Gasteiger partial charge in [-0.25, -0.2) is 0 Å². The Hall–Kier alpha value is -2.31. The van der Waals surface area contributed by atoms with Crippen molar-refractivity contribution < 1.29 is 18.9 Å². The minimum absolute atomic E-state index is 0.0325. The van der Waals surface area contributed by atoms with Gasteiger partial charge in [0.15, 0.2) is 13.1 Å². The molecule has 2 N–H and O–H groups in total. The van der Waals surface area contributed by atoms with Gasteiger partial charge in [-0.2, -0.15) is 0 Å². The molecule has 29 heavy (non-hydrogen) atoms. The molecule has 1 aromatic carbocycles. The molecule has 6 nitrogen and oxygen atoms in total. The minimum atomic E-state index is -0.280. The van der Waals surface area contributed by atoms with Crippen LogP contribution in [-0.2, 0) is 16.1 Å². The predicted molar refractivity (Wildman–Crippen MR) is 115 cm³/mol. The molecule has 0 aliphatic heterocycles. The summed E-state index contributed by atoms with van der Waals surface area (Å²) in [6.07, 6.45) is 0. The molecule has 0 saturated carbocycles. The van der Waals surface area contributed by atoms with Gasteiger partial charge in [-0.05, 0) is 64.1 Å². The largest absolute Gasteiger partial charge is 0.459 e. The van der Waals surface area contributed by atoms with Crippen molar-refractivity contribution in [2.24, 2.45) is 0 Å². The van der Waals surface area contributed by atoms with Gasteiger partial charge < -0.3 is 19.5 Å². The third kappa shape index (κ3) is 7.55.